The predicted molar refractivity (Wildman–Crippen MR) is 72.9 cm³/mol. The van der Waals surface area contributed by atoms with Crippen molar-refractivity contribution in [2.24, 2.45) is 17.3 Å². The number of nitrogens with one attached hydrogen (secondary N) is 1. The number of benzene rings is 1. The third-order valence-corrected chi connectivity index (χ3v) is 4.02. The van der Waals surface area contributed by atoms with E-state index in [-0.39, 0.29) is 5.91 Å². The molecule has 0 bridgehead atoms. The second kappa shape index (κ2) is 4.37. The minimum absolute atomic E-state index is 0.204. The highest BCUT2D eigenvalue weighted by Crippen LogP contribution is 2.58. The number of anilines is 1. The largest absolute Gasteiger partial charge is 0.481 e. The molecule has 1 saturated carbocycles. The number of carbonyl (C=O) groups excluding carboxylic acids is 1. The van der Waals surface area contributed by atoms with Crippen molar-refractivity contribution in [2.75, 3.05) is 5.32 Å². The van der Waals surface area contributed by atoms with Crippen LogP contribution in [0, 0.1) is 31.1 Å². The standard InChI is InChI=1S/C15H19NO3/c1-8-5-6-10(9(2)7-8)16-13(17)11-12(14(18)19)15(11,3)4/h5-7,11-12H,1-4H3,(H,16,17)(H,18,19)/t11-,12+/m0/s1. The second-order valence-electron chi connectivity index (χ2n) is 5.92. The monoisotopic (exact) mass is 261 g/mol. The summed E-state index contributed by atoms with van der Waals surface area (Å²) in [5, 5.41) is 11.9. The molecular weight excluding hydrogens is 242 g/mol. The Morgan fingerprint density at radius 2 is 1.84 bits per heavy atom. The Bertz CT molecular complexity index is 548. The van der Waals surface area contributed by atoms with Gasteiger partial charge in [0.25, 0.3) is 0 Å². The molecule has 1 fully saturated rings. The predicted octanol–water partition coefficient (Wildman–Crippen LogP) is 2.60. The van der Waals surface area contributed by atoms with Crippen LogP contribution in [0.5, 0.6) is 0 Å². The molecule has 0 radical (unpaired) electrons. The molecule has 1 aromatic rings. The van der Waals surface area contributed by atoms with Crippen molar-refractivity contribution in [1.29, 1.82) is 0 Å². The summed E-state index contributed by atoms with van der Waals surface area (Å²) in [4.78, 5) is 23.2. The third-order valence-electron chi connectivity index (χ3n) is 4.02. The average molecular weight is 261 g/mol. The maximum absolute atomic E-state index is 12.2. The lowest BCUT2D eigenvalue weighted by molar-refractivity contribution is -0.140. The van der Waals surface area contributed by atoms with Gasteiger partial charge < -0.3 is 10.4 Å². The minimum Gasteiger partial charge on any atom is -0.481 e. The molecule has 1 aromatic carbocycles. The summed E-state index contributed by atoms with van der Waals surface area (Å²) >= 11 is 0. The first kappa shape index (κ1) is 13.6. The molecule has 0 heterocycles. The maximum atomic E-state index is 12.2. The fourth-order valence-corrected chi connectivity index (χ4v) is 2.75. The second-order valence-corrected chi connectivity index (χ2v) is 5.92. The number of aliphatic carboxylic acids is 1. The SMILES string of the molecule is Cc1ccc(NC(=O)[C@@H]2[C@H](C(=O)O)C2(C)C)c(C)c1. The van der Waals surface area contributed by atoms with Crippen LogP contribution >= 0.6 is 0 Å². The van der Waals surface area contributed by atoms with E-state index in [2.05, 4.69) is 5.32 Å². The van der Waals surface area contributed by atoms with Crippen molar-refractivity contribution in [3.05, 3.63) is 29.3 Å². The van der Waals surface area contributed by atoms with E-state index in [0.29, 0.717) is 0 Å². The Kier molecular flexibility index (Phi) is 3.12. The van der Waals surface area contributed by atoms with E-state index < -0.39 is 23.2 Å². The van der Waals surface area contributed by atoms with Crippen molar-refractivity contribution in [3.63, 3.8) is 0 Å². The number of hydrogen-bond donors (Lipinski definition) is 2. The van der Waals surface area contributed by atoms with Gasteiger partial charge in [0.2, 0.25) is 5.91 Å². The minimum atomic E-state index is -0.897. The van der Waals surface area contributed by atoms with Crippen LogP contribution in [0.25, 0.3) is 0 Å². The molecule has 19 heavy (non-hydrogen) atoms. The van der Waals surface area contributed by atoms with Crippen molar-refractivity contribution < 1.29 is 14.7 Å². The van der Waals surface area contributed by atoms with Crippen LogP contribution in [0.1, 0.15) is 25.0 Å². The van der Waals surface area contributed by atoms with Crippen LogP contribution in [0.3, 0.4) is 0 Å². The average Bonchev–Trinajstić information content (AvgIpc) is 2.86. The van der Waals surface area contributed by atoms with E-state index in [1.54, 1.807) is 0 Å². The lowest BCUT2D eigenvalue weighted by atomic mass is 10.1. The van der Waals surface area contributed by atoms with Crippen molar-refractivity contribution in [3.8, 4) is 0 Å². The lowest BCUT2D eigenvalue weighted by Crippen LogP contribution is -2.18. The van der Waals surface area contributed by atoms with E-state index >= 15 is 0 Å². The number of amides is 1. The molecule has 4 nitrogen and oxygen atoms in total. The van der Waals surface area contributed by atoms with Gasteiger partial charge in [-0.3, -0.25) is 9.59 Å². The zero-order valence-electron chi connectivity index (χ0n) is 11.7. The Morgan fingerprint density at radius 1 is 1.21 bits per heavy atom. The van der Waals surface area contributed by atoms with Gasteiger partial charge >= 0.3 is 5.97 Å². The summed E-state index contributed by atoms with van der Waals surface area (Å²) in [5.74, 6) is -2.14. The van der Waals surface area contributed by atoms with E-state index in [0.717, 1.165) is 16.8 Å². The van der Waals surface area contributed by atoms with Gasteiger partial charge in [0.05, 0.1) is 11.8 Å². The summed E-state index contributed by atoms with van der Waals surface area (Å²) in [6.45, 7) is 7.55. The van der Waals surface area contributed by atoms with Crippen LogP contribution in [0.2, 0.25) is 0 Å². The molecule has 0 unspecified atom stereocenters. The molecule has 1 aliphatic rings. The van der Waals surface area contributed by atoms with Gasteiger partial charge in [-0.25, -0.2) is 0 Å². The van der Waals surface area contributed by atoms with Gasteiger partial charge in [-0.15, -0.1) is 0 Å². The molecule has 0 saturated heterocycles. The number of carboxylic acids is 1. The van der Waals surface area contributed by atoms with Crippen molar-refractivity contribution in [2.45, 2.75) is 27.7 Å². The summed E-state index contributed by atoms with van der Waals surface area (Å²) in [6, 6.07) is 5.77. The van der Waals surface area contributed by atoms with Gasteiger partial charge in [-0.1, -0.05) is 31.5 Å². The number of aryl methyl sites for hydroxylation is 2. The van der Waals surface area contributed by atoms with Gasteiger partial charge in [-0.2, -0.15) is 0 Å². The number of hydrogen-bond acceptors (Lipinski definition) is 2. The smallest absolute Gasteiger partial charge is 0.307 e. The van der Waals surface area contributed by atoms with Crippen LogP contribution in [0.15, 0.2) is 18.2 Å². The highest BCUT2D eigenvalue weighted by molar-refractivity contribution is 6.00. The molecule has 2 atom stereocenters. The molecule has 4 heteroatoms. The molecule has 0 aliphatic heterocycles. The first-order valence-corrected chi connectivity index (χ1v) is 6.36. The summed E-state index contributed by atoms with van der Waals surface area (Å²) in [5.41, 5.74) is 2.40. The molecule has 1 amide bonds. The molecule has 0 aromatic heterocycles. The lowest BCUT2D eigenvalue weighted by Gasteiger charge is -2.09. The van der Waals surface area contributed by atoms with Crippen LogP contribution in [-0.4, -0.2) is 17.0 Å². The molecule has 2 rings (SSSR count). The summed E-state index contributed by atoms with van der Waals surface area (Å²) in [6.07, 6.45) is 0. The van der Waals surface area contributed by atoms with E-state index in [1.165, 1.54) is 0 Å². The first-order valence-electron chi connectivity index (χ1n) is 6.36. The maximum Gasteiger partial charge on any atom is 0.307 e. The number of carboxylic acid groups (broad SMARTS) is 1. The summed E-state index contributed by atoms with van der Waals surface area (Å²) < 4.78 is 0. The van der Waals surface area contributed by atoms with Gasteiger partial charge in [0.15, 0.2) is 0 Å². The van der Waals surface area contributed by atoms with Crippen molar-refractivity contribution >= 4 is 17.6 Å². The third kappa shape index (κ3) is 2.35. The molecule has 0 spiro atoms. The zero-order chi connectivity index (χ0) is 14.4. The van der Waals surface area contributed by atoms with E-state index in [9.17, 15) is 9.59 Å². The van der Waals surface area contributed by atoms with Gasteiger partial charge in [0.1, 0.15) is 0 Å². The van der Waals surface area contributed by atoms with E-state index in [4.69, 9.17) is 5.11 Å². The quantitative estimate of drug-likeness (QED) is 0.879. The van der Waals surface area contributed by atoms with Crippen molar-refractivity contribution in [1.82, 2.24) is 0 Å². The topological polar surface area (TPSA) is 66.4 Å². The fraction of sp³-hybridized carbons (Fsp3) is 0.467. The first-order chi connectivity index (χ1) is 8.75. The van der Waals surface area contributed by atoms with Crippen LogP contribution in [0.4, 0.5) is 5.69 Å². The Morgan fingerprint density at radius 3 is 2.32 bits per heavy atom. The Hall–Kier alpha value is -1.84. The van der Waals surface area contributed by atoms with Crippen LogP contribution < -0.4 is 5.32 Å². The van der Waals surface area contributed by atoms with Gasteiger partial charge in [-0.05, 0) is 30.9 Å². The highest BCUT2D eigenvalue weighted by atomic mass is 16.4. The summed E-state index contributed by atoms with van der Waals surface area (Å²) in [7, 11) is 0. The van der Waals surface area contributed by atoms with E-state index in [1.807, 2.05) is 45.9 Å². The van der Waals surface area contributed by atoms with Gasteiger partial charge in [0, 0.05) is 5.69 Å². The molecule has 102 valence electrons. The normalized spacial score (nSPS) is 23.8. The molecule has 2 N–H and O–H groups in total. The fourth-order valence-electron chi connectivity index (χ4n) is 2.75. The number of rotatable bonds is 3. The zero-order valence-corrected chi connectivity index (χ0v) is 11.7. The Labute approximate surface area is 112 Å². The Balaban J connectivity index is 2.13. The molecule has 1 aliphatic carbocycles. The number of carbonyl (C=O) groups is 2. The molecular formula is C15H19NO3. The van der Waals surface area contributed by atoms with Crippen LogP contribution in [-0.2, 0) is 9.59 Å². The highest BCUT2D eigenvalue weighted by Gasteiger charge is 2.65.